The fraction of sp³-hybridized carbons (Fsp3) is 0.286. The van der Waals surface area contributed by atoms with Crippen molar-refractivity contribution in [1.82, 2.24) is 0 Å². The van der Waals surface area contributed by atoms with Crippen molar-refractivity contribution in [2.24, 2.45) is 0 Å². The molecule has 1 unspecified atom stereocenters. The first-order valence-electron chi connectivity index (χ1n) is 8.76. The number of alkyl halides is 3. The maximum atomic E-state index is 14.2. The number of allylic oxidation sites excluding steroid dienone is 1. The van der Waals surface area contributed by atoms with Crippen LogP contribution in [0, 0.1) is 0 Å². The van der Waals surface area contributed by atoms with Crippen molar-refractivity contribution in [1.29, 1.82) is 0 Å². The van der Waals surface area contributed by atoms with E-state index in [9.17, 15) is 18.0 Å². The Hall–Kier alpha value is -2.18. The third-order valence-corrected chi connectivity index (χ3v) is 5.08. The lowest BCUT2D eigenvalue weighted by Gasteiger charge is -2.31. The molecule has 3 rings (SSSR count). The largest absolute Gasteiger partial charge is 0.472 e. The van der Waals surface area contributed by atoms with Crippen molar-refractivity contribution in [2.75, 3.05) is 6.61 Å². The Kier molecular flexibility index (Phi) is 5.88. The summed E-state index contributed by atoms with van der Waals surface area (Å²) in [5.41, 5.74) is -1.23. The van der Waals surface area contributed by atoms with Crippen LogP contribution in [0.4, 0.5) is 13.2 Å². The molecule has 3 nitrogen and oxygen atoms in total. The van der Waals surface area contributed by atoms with E-state index in [1.807, 2.05) is 0 Å². The Morgan fingerprint density at radius 3 is 2.45 bits per heavy atom. The Morgan fingerprint density at radius 2 is 1.86 bits per heavy atom. The van der Waals surface area contributed by atoms with Crippen LogP contribution in [0.2, 0.25) is 10.0 Å². The molecular weight excluding hydrogens is 428 g/mol. The number of esters is 1. The van der Waals surface area contributed by atoms with Gasteiger partial charge >= 0.3 is 12.1 Å². The summed E-state index contributed by atoms with van der Waals surface area (Å²) in [6, 6.07) is 8.42. The van der Waals surface area contributed by atoms with E-state index in [0.717, 1.165) is 0 Å². The summed E-state index contributed by atoms with van der Waals surface area (Å²) in [5.74, 6) is -0.397. The number of ether oxygens (including phenoxy) is 2. The topological polar surface area (TPSA) is 35.5 Å². The van der Waals surface area contributed by atoms with Gasteiger partial charge in [0.05, 0.1) is 6.61 Å². The summed E-state index contributed by atoms with van der Waals surface area (Å²) in [6.07, 6.45) is -3.85. The van der Waals surface area contributed by atoms with E-state index in [2.05, 4.69) is 0 Å². The Balaban J connectivity index is 2.02. The SMILES string of the molecule is CCOC(=O)C=C(C)c1ccc2c(c1)CC(c1cc(Cl)cc(Cl)c1)(C(F)(F)F)O2. The number of halogens is 5. The minimum atomic E-state index is -4.71. The highest BCUT2D eigenvalue weighted by atomic mass is 35.5. The van der Waals surface area contributed by atoms with Crippen molar-refractivity contribution < 1.29 is 27.4 Å². The second kappa shape index (κ2) is 7.92. The fourth-order valence-corrected chi connectivity index (χ4v) is 3.79. The third kappa shape index (κ3) is 4.23. The molecule has 154 valence electrons. The average molecular weight is 445 g/mol. The maximum Gasteiger partial charge on any atom is 0.432 e. The van der Waals surface area contributed by atoms with E-state index in [1.165, 1.54) is 30.3 Å². The van der Waals surface area contributed by atoms with Crippen LogP contribution in [0.15, 0.2) is 42.5 Å². The van der Waals surface area contributed by atoms with E-state index in [1.54, 1.807) is 26.0 Å². The first kappa shape index (κ1) is 21.5. The van der Waals surface area contributed by atoms with E-state index in [4.69, 9.17) is 32.7 Å². The van der Waals surface area contributed by atoms with E-state index >= 15 is 0 Å². The summed E-state index contributed by atoms with van der Waals surface area (Å²) in [7, 11) is 0. The normalized spacial score (nSPS) is 18.9. The van der Waals surface area contributed by atoms with Gasteiger partial charge in [0.25, 0.3) is 0 Å². The zero-order valence-electron chi connectivity index (χ0n) is 15.6. The standard InChI is InChI=1S/C21H17Cl2F3O3/c1-3-28-19(27)6-12(2)13-4-5-18-14(7-13)11-20(29-18,21(24,25)26)15-8-16(22)10-17(23)9-15/h4-10H,3,11H2,1-2H3. The Bertz CT molecular complexity index is 965. The first-order chi connectivity index (χ1) is 13.6. The summed E-state index contributed by atoms with van der Waals surface area (Å²) in [6.45, 7) is 3.60. The highest BCUT2D eigenvalue weighted by Gasteiger charge is 2.61. The zero-order chi connectivity index (χ0) is 21.4. The number of hydrogen-bond acceptors (Lipinski definition) is 3. The molecule has 0 N–H and O–H groups in total. The minimum absolute atomic E-state index is 0.0876. The van der Waals surface area contributed by atoms with E-state index in [0.29, 0.717) is 16.7 Å². The van der Waals surface area contributed by atoms with Crippen molar-refractivity contribution in [2.45, 2.75) is 32.0 Å². The Morgan fingerprint density at radius 1 is 1.21 bits per heavy atom. The molecule has 8 heteroatoms. The predicted molar refractivity (Wildman–Crippen MR) is 105 cm³/mol. The first-order valence-corrected chi connectivity index (χ1v) is 9.52. The number of hydrogen-bond donors (Lipinski definition) is 0. The Labute approximate surface area is 176 Å². The second-order valence-electron chi connectivity index (χ2n) is 6.66. The van der Waals surface area contributed by atoms with Gasteiger partial charge in [-0.2, -0.15) is 13.2 Å². The molecule has 1 atom stereocenters. The molecule has 1 aliphatic rings. The molecule has 29 heavy (non-hydrogen) atoms. The van der Waals surface area contributed by atoms with Gasteiger partial charge in [-0.25, -0.2) is 4.79 Å². The van der Waals surface area contributed by atoms with Crippen LogP contribution in [0.1, 0.15) is 30.5 Å². The predicted octanol–water partition coefficient (Wildman–Crippen LogP) is 6.35. The summed E-state index contributed by atoms with van der Waals surface area (Å²) < 4.78 is 52.8. The highest BCUT2D eigenvalue weighted by molar-refractivity contribution is 6.34. The molecule has 2 aromatic rings. The quantitative estimate of drug-likeness (QED) is 0.406. The molecule has 0 radical (unpaired) electrons. The third-order valence-electron chi connectivity index (χ3n) is 4.65. The van der Waals surface area contributed by atoms with Crippen molar-refractivity contribution in [3.63, 3.8) is 0 Å². The molecule has 0 aromatic heterocycles. The van der Waals surface area contributed by atoms with Gasteiger partial charge in [0.2, 0.25) is 5.60 Å². The zero-order valence-corrected chi connectivity index (χ0v) is 17.1. The van der Waals surface area contributed by atoms with Gasteiger partial charge in [-0.15, -0.1) is 0 Å². The summed E-state index contributed by atoms with van der Waals surface area (Å²) in [4.78, 5) is 11.6. The number of carbonyl (C=O) groups excluding carboxylic acids is 1. The minimum Gasteiger partial charge on any atom is -0.472 e. The van der Waals surface area contributed by atoms with Crippen LogP contribution in [-0.4, -0.2) is 18.8 Å². The van der Waals surface area contributed by atoms with Gasteiger partial charge in [0, 0.05) is 28.1 Å². The molecule has 0 saturated heterocycles. The molecule has 2 aromatic carbocycles. The molecule has 1 heterocycles. The fourth-order valence-electron chi connectivity index (χ4n) is 3.27. The molecule has 0 spiro atoms. The summed E-state index contributed by atoms with van der Waals surface area (Å²) in [5, 5.41) is 0.175. The van der Waals surface area contributed by atoms with Crippen LogP contribution in [-0.2, 0) is 21.6 Å². The van der Waals surface area contributed by atoms with Crippen molar-refractivity contribution >= 4 is 34.7 Å². The van der Waals surface area contributed by atoms with Gasteiger partial charge in [0.1, 0.15) is 5.75 Å². The van der Waals surface area contributed by atoms with Crippen molar-refractivity contribution in [3.8, 4) is 5.75 Å². The van der Waals surface area contributed by atoms with Gasteiger partial charge in [-0.1, -0.05) is 29.3 Å². The summed E-state index contributed by atoms with van der Waals surface area (Å²) >= 11 is 11.9. The average Bonchev–Trinajstić information content (AvgIpc) is 3.01. The van der Waals surface area contributed by atoms with E-state index < -0.39 is 24.2 Å². The number of rotatable bonds is 4. The highest BCUT2D eigenvalue weighted by Crippen LogP contribution is 2.51. The number of benzene rings is 2. The second-order valence-corrected chi connectivity index (χ2v) is 7.54. The van der Waals surface area contributed by atoms with Crippen LogP contribution < -0.4 is 4.74 Å². The van der Waals surface area contributed by atoms with Gasteiger partial charge in [0.15, 0.2) is 0 Å². The van der Waals surface area contributed by atoms with Crippen LogP contribution in [0.3, 0.4) is 0 Å². The van der Waals surface area contributed by atoms with Crippen LogP contribution in [0.25, 0.3) is 5.57 Å². The molecule has 0 bridgehead atoms. The molecular formula is C21H17Cl2F3O3. The maximum absolute atomic E-state index is 14.2. The van der Waals surface area contributed by atoms with Gasteiger partial charge in [-0.05, 0) is 60.9 Å². The number of carbonyl (C=O) groups is 1. The molecule has 0 saturated carbocycles. The number of fused-ring (bicyclic) bond motifs is 1. The van der Waals surface area contributed by atoms with Gasteiger partial charge < -0.3 is 9.47 Å². The molecule has 0 fully saturated rings. The lowest BCUT2D eigenvalue weighted by molar-refractivity contribution is -0.248. The molecule has 1 aliphatic heterocycles. The van der Waals surface area contributed by atoms with Crippen LogP contribution >= 0.6 is 23.2 Å². The monoisotopic (exact) mass is 444 g/mol. The van der Waals surface area contributed by atoms with E-state index in [-0.39, 0.29) is 28.0 Å². The molecule has 0 amide bonds. The lowest BCUT2D eigenvalue weighted by Crippen LogP contribution is -2.46. The molecule has 0 aliphatic carbocycles. The van der Waals surface area contributed by atoms with Crippen molar-refractivity contribution in [3.05, 3.63) is 69.2 Å². The van der Waals surface area contributed by atoms with Crippen LogP contribution in [0.5, 0.6) is 5.75 Å². The van der Waals surface area contributed by atoms with Gasteiger partial charge in [-0.3, -0.25) is 0 Å². The lowest BCUT2D eigenvalue weighted by atomic mass is 9.88. The smallest absolute Gasteiger partial charge is 0.432 e.